The first-order chi connectivity index (χ1) is 13.5. The second kappa shape index (κ2) is 8.12. The van der Waals surface area contributed by atoms with Crippen LogP contribution in [0.15, 0.2) is 48.5 Å². The van der Waals surface area contributed by atoms with Gasteiger partial charge in [0.2, 0.25) is 11.8 Å². The molecular formula is C21H22N2O5. The maximum absolute atomic E-state index is 12.7. The van der Waals surface area contributed by atoms with Crippen molar-refractivity contribution in [1.82, 2.24) is 5.32 Å². The Morgan fingerprint density at radius 1 is 1.00 bits per heavy atom. The Kier molecular flexibility index (Phi) is 5.63. The SMILES string of the molecule is COC(=O)c1cccc(NC(=O)C2(C(=O)NCc3ccc(OC)cc3)CC2)c1. The number of benzene rings is 2. The van der Waals surface area contributed by atoms with E-state index in [4.69, 9.17) is 4.74 Å². The van der Waals surface area contributed by atoms with Crippen LogP contribution in [0.1, 0.15) is 28.8 Å². The van der Waals surface area contributed by atoms with Gasteiger partial charge in [0, 0.05) is 12.2 Å². The number of anilines is 1. The Labute approximate surface area is 163 Å². The Balaban J connectivity index is 1.61. The minimum absolute atomic E-state index is 0.301. The molecule has 0 spiro atoms. The van der Waals surface area contributed by atoms with Crippen LogP contribution >= 0.6 is 0 Å². The van der Waals surface area contributed by atoms with Gasteiger partial charge in [-0.1, -0.05) is 18.2 Å². The molecule has 0 heterocycles. The molecule has 7 nitrogen and oxygen atoms in total. The summed E-state index contributed by atoms with van der Waals surface area (Å²) < 4.78 is 9.79. The summed E-state index contributed by atoms with van der Waals surface area (Å²) in [6, 6.07) is 13.8. The summed E-state index contributed by atoms with van der Waals surface area (Å²) >= 11 is 0. The van der Waals surface area contributed by atoms with Gasteiger partial charge < -0.3 is 20.1 Å². The third-order valence-corrected chi connectivity index (χ3v) is 4.77. The second-order valence-corrected chi connectivity index (χ2v) is 6.64. The van der Waals surface area contributed by atoms with Gasteiger partial charge in [0.1, 0.15) is 11.2 Å². The van der Waals surface area contributed by atoms with Crippen molar-refractivity contribution in [2.75, 3.05) is 19.5 Å². The van der Waals surface area contributed by atoms with Crippen molar-refractivity contribution in [1.29, 1.82) is 0 Å². The van der Waals surface area contributed by atoms with Gasteiger partial charge >= 0.3 is 5.97 Å². The van der Waals surface area contributed by atoms with Gasteiger partial charge in [-0.15, -0.1) is 0 Å². The van der Waals surface area contributed by atoms with E-state index < -0.39 is 11.4 Å². The monoisotopic (exact) mass is 382 g/mol. The van der Waals surface area contributed by atoms with Gasteiger partial charge in [-0.05, 0) is 48.7 Å². The van der Waals surface area contributed by atoms with Gasteiger partial charge in [0.15, 0.2) is 0 Å². The number of methoxy groups -OCH3 is 2. The lowest BCUT2D eigenvalue weighted by Crippen LogP contribution is -2.39. The average molecular weight is 382 g/mol. The molecule has 1 aliphatic carbocycles. The fraction of sp³-hybridized carbons (Fsp3) is 0.286. The van der Waals surface area contributed by atoms with E-state index in [-0.39, 0.29) is 11.8 Å². The van der Waals surface area contributed by atoms with Crippen LogP contribution in [0.2, 0.25) is 0 Å². The number of ether oxygens (including phenoxy) is 2. The lowest BCUT2D eigenvalue weighted by Gasteiger charge is -2.16. The normalized spacial score (nSPS) is 13.9. The zero-order valence-corrected chi connectivity index (χ0v) is 15.8. The molecule has 146 valence electrons. The first kappa shape index (κ1) is 19.4. The molecule has 0 aliphatic heterocycles. The van der Waals surface area contributed by atoms with E-state index >= 15 is 0 Å². The number of amides is 2. The Bertz CT molecular complexity index is 888. The molecule has 1 saturated carbocycles. The third kappa shape index (κ3) is 4.14. The quantitative estimate of drug-likeness (QED) is 0.567. The number of nitrogens with one attached hydrogen (secondary N) is 2. The Morgan fingerprint density at radius 2 is 1.71 bits per heavy atom. The predicted octanol–water partition coefficient (Wildman–Crippen LogP) is 2.52. The number of hydrogen-bond acceptors (Lipinski definition) is 5. The highest BCUT2D eigenvalue weighted by Gasteiger charge is 2.56. The summed E-state index contributed by atoms with van der Waals surface area (Å²) in [6.07, 6.45) is 0.980. The van der Waals surface area contributed by atoms with E-state index in [0.717, 1.165) is 11.3 Å². The lowest BCUT2D eigenvalue weighted by molar-refractivity contribution is -0.134. The fourth-order valence-electron chi connectivity index (χ4n) is 2.87. The summed E-state index contributed by atoms with van der Waals surface area (Å²) in [7, 11) is 2.88. The molecule has 3 rings (SSSR count). The van der Waals surface area contributed by atoms with Crippen molar-refractivity contribution in [2.45, 2.75) is 19.4 Å². The van der Waals surface area contributed by atoms with Crippen LogP contribution in [-0.4, -0.2) is 32.0 Å². The highest BCUT2D eigenvalue weighted by molar-refractivity contribution is 6.13. The van der Waals surface area contributed by atoms with E-state index in [0.29, 0.717) is 30.6 Å². The van der Waals surface area contributed by atoms with E-state index in [1.165, 1.54) is 13.2 Å². The summed E-state index contributed by atoms with van der Waals surface area (Å²) in [5, 5.41) is 5.56. The van der Waals surface area contributed by atoms with Crippen molar-refractivity contribution in [3.63, 3.8) is 0 Å². The smallest absolute Gasteiger partial charge is 0.337 e. The van der Waals surface area contributed by atoms with Gasteiger partial charge in [-0.2, -0.15) is 0 Å². The van der Waals surface area contributed by atoms with E-state index in [1.54, 1.807) is 25.3 Å². The molecule has 7 heteroatoms. The van der Waals surface area contributed by atoms with Gasteiger partial charge in [0.25, 0.3) is 0 Å². The highest BCUT2D eigenvalue weighted by atomic mass is 16.5. The fourth-order valence-corrected chi connectivity index (χ4v) is 2.87. The summed E-state index contributed by atoms with van der Waals surface area (Å²) in [6.45, 7) is 0.329. The van der Waals surface area contributed by atoms with Crippen LogP contribution in [-0.2, 0) is 20.9 Å². The Hall–Kier alpha value is -3.35. The number of carbonyl (C=O) groups is 3. The van der Waals surface area contributed by atoms with Crippen molar-refractivity contribution < 1.29 is 23.9 Å². The minimum atomic E-state index is -1.06. The molecule has 0 aromatic heterocycles. The minimum Gasteiger partial charge on any atom is -0.497 e. The molecule has 0 atom stereocenters. The summed E-state index contributed by atoms with van der Waals surface area (Å²) in [4.78, 5) is 36.9. The zero-order valence-electron chi connectivity index (χ0n) is 15.8. The van der Waals surface area contributed by atoms with Crippen molar-refractivity contribution in [2.24, 2.45) is 5.41 Å². The molecule has 28 heavy (non-hydrogen) atoms. The largest absolute Gasteiger partial charge is 0.497 e. The molecule has 2 N–H and O–H groups in total. The second-order valence-electron chi connectivity index (χ2n) is 6.64. The number of esters is 1. The molecule has 1 fully saturated rings. The highest BCUT2D eigenvalue weighted by Crippen LogP contribution is 2.47. The molecule has 0 unspecified atom stereocenters. The standard InChI is InChI=1S/C21H22N2O5/c1-27-17-8-6-14(7-9-17)13-22-19(25)21(10-11-21)20(26)23-16-5-3-4-15(12-16)18(24)28-2/h3-9,12H,10-11,13H2,1-2H3,(H,22,25)(H,23,26). The van der Waals surface area contributed by atoms with Crippen molar-refractivity contribution >= 4 is 23.5 Å². The molecule has 0 saturated heterocycles. The van der Waals surface area contributed by atoms with Crippen LogP contribution < -0.4 is 15.4 Å². The molecule has 2 amide bonds. The van der Waals surface area contributed by atoms with E-state index in [9.17, 15) is 14.4 Å². The van der Waals surface area contributed by atoms with Crippen LogP contribution in [0, 0.1) is 5.41 Å². The zero-order chi connectivity index (χ0) is 20.1. The van der Waals surface area contributed by atoms with Crippen LogP contribution in [0.3, 0.4) is 0 Å². The molecule has 2 aromatic rings. The number of carbonyl (C=O) groups excluding carboxylic acids is 3. The van der Waals surface area contributed by atoms with Crippen LogP contribution in [0.25, 0.3) is 0 Å². The van der Waals surface area contributed by atoms with Gasteiger partial charge in [-0.3, -0.25) is 9.59 Å². The molecule has 0 bridgehead atoms. The van der Waals surface area contributed by atoms with Gasteiger partial charge in [0.05, 0.1) is 19.8 Å². The van der Waals surface area contributed by atoms with Crippen molar-refractivity contribution in [3.8, 4) is 5.75 Å². The third-order valence-electron chi connectivity index (χ3n) is 4.77. The number of hydrogen-bond donors (Lipinski definition) is 2. The first-order valence-corrected chi connectivity index (χ1v) is 8.89. The van der Waals surface area contributed by atoms with Crippen LogP contribution in [0.5, 0.6) is 5.75 Å². The molecule has 2 aromatic carbocycles. The average Bonchev–Trinajstić information content (AvgIpc) is 3.54. The van der Waals surface area contributed by atoms with Crippen molar-refractivity contribution in [3.05, 3.63) is 59.7 Å². The topological polar surface area (TPSA) is 93.7 Å². The summed E-state index contributed by atoms with van der Waals surface area (Å²) in [5.74, 6) is -0.427. The van der Waals surface area contributed by atoms with E-state index in [1.807, 2.05) is 24.3 Å². The lowest BCUT2D eigenvalue weighted by atomic mass is 10.0. The Morgan fingerprint density at radius 3 is 2.32 bits per heavy atom. The number of rotatable bonds is 7. The maximum atomic E-state index is 12.7. The maximum Gasteiger partial charge on any atom is 0.337 e. The van der Waals surface area contributed by atoms with Gasteiger partial charge in [-0.25, -0.2) is 4.79 Å². The molecule has 0 radical (unpaired) electrons. The first-order valence-electron chi connectivity index (χ1n) is 8.89. The van der Waals surface area contributed by atoms with E-state index in [2.05, 4.69) is 15.4 Å². The summed E-state index contributed by atoms with van der Waals surface area (Å²) in [5.41, 5.74) is 0.626. The molecule has 1 aliphatic rings. The predicted molar refractivity (Wildman–Crippen MR) is 103 cm³/mol. The molecular weight excluding hydrogens is 360 g/mol. The van der Waals surface area contributed by atoms with Crippen LogP contribution in [0.4, 0.5) is 5.69 Å².